The molecule has 1 amide bonds. The lowest BCUT2D eigenvalue weighted by molar-refractivity contribution is -0.118. The Bertz CT molecular complexity index is 688. The fourth-order valence-electron chi connectivity index (χ4n) is 3.97. The second kappa shape index (κ2) is 7.75. The third-order valence-electron chi connectivity index (χ3n) is 5.16. The molecule has 1 fully saturated rings. The molecule has 0 bridgehead atoms. The molecule has 0 unspecified atom stereocenters. The smallest absolute Gasteiger partial charge is 0.224 e. The number of amides is 1. The maximum absolute atomic E-state index is 12.7. The summed E-state index contributed by atoms with van der Waals surface area (Å²) < 4.78 is 5.19. The van der Waals surface area contributed by atoms with Crippen molar-refractivity contribution in [2.45, 2.75) is 44.9 Å². The second-order valence-corrected chi connectivity index (χ2v) is 6.91. The molecule has 0 aliphatic heterocycles. The van der Waals surface area contributed by atoms with Crippen LogP contribution in [0.3, 0.4) is 0 Å². The fraction of sp³-hybridized carbons (Fsp3) is 0.500. The number of para-hydroxylation sites is 1. The number of ether oxygens (including phenoxy) is 1. The number of methoxy groups -OCH3 is 1. The molecular formula is C20H26N2O2. The first-order valence-electron chi connectivity index (χ1n) is 8.85. The van der Waals surface area contributed by atoms with E-state index in [0.29, 0.717) is 6.42 Å². The van der Waals surface area contributed by atoms with Gasteiger partial charge in [0.05, 0.1) is 11.2 Å². The summed E-state index contributed by atoms with van der Waals surface area (Å²) in [6, 6.07) is 9.84. The number of rotatable bonds is 7. The average Bonchev–Trinajstić information content (AvgIpc) is 3.04. The van der Waals surface area contributed by atoms with Gasteiger partial charge in [0.15, 0.2) is 0 Å². The zero-order chi connectivity index (χ0) is 16.8. The number of fused-ring (bicyclic) bond motifs is 1. The van der Waals surface area contributed by atoms with Gasteiger partial charge in [-0.15, -0.1) is 0 Å². The van der Waals surface area contributed by atoms with Gasteiger partial charge in [0.1, 0.15) is 0 Å². The van der Waals surface area contributed by atoms with Crippen molar-refractivity contribution in [3.8, 4) is 0 Å². The lowest BCUT2D eigenvalue weighted by Gasteiger charge is -2.28. The SMILES string of the molecule is COCCCC1(CC(=O)Nc2cccc3cccnc23)CCCC1. The highest BCUT2D eigenvalue weighted by molar-refractivity contribution is 6.00. The maximum Gasteiger partial charge on any atom is 0.224 e. The van der Waals surface area contributed by atoms with Crippen LogP contribution in [-0.4, -0.2) is 24.6 Å². The number of pyridine rings is 1. The molecule has 0 atom stereocenters. The lowest BCUT2D eigenvalue weighted by atomic mass is 9.78. The Kier molecular flexibility index (Phi) is 5.46. The summed E-state index contributed by atoms with van der Waals surface area (Å²) in [5, 5.41) is 4.14. The van der Waals surface area contributed by atoms with Gasteiger partial charge in [-0.05, 0) is 43.2 Å². The molecule has 3 rings (SSSR count). The summed E-state index contributed by atoms with van der Waals surface area (Å²) in [6.07, 6.45) is 9.23. The molecule has 1 heterocycles. The first kappa shape index (κ1) is 16.9. The Labute approximate surface area is 143 Å². The van der Waals surface area contributed by atoms with Gasteiger partial charge in [0, 0.05) is 31.7 Å². The van der Waals surface area contributed by atoms with Crippen LogP contribution in [0.5, 0.6) is 0 Å². The number of aromatic nitrogens is 1. The number of nitrogens with zero attached hydrogens (tertiary/aromatic N) is 1. The number of benzene rings is 1. The van der Waals surface area contributed by atoms with Gasteiger partial charge in [-0.25, -0.2) is 0 Å². The first-order chi connectivity index (χ1) is 11.7. The van der Waals surface area contributed by atoms with Crippen LogP contribution in [0.4, 0.5) is 5.69 Å². The van der Waals surface area contributed by atoms with Crippen molar-refractivity contribution < 1.29 is 9.53 Å². The van der Waals surface area contributed by atoms with Gasteiger partial charge in [-0.3, -0.25) is 9.78 Å². The lowest BCUT2D eigenvalue weighted by Crippen LogP contribution is -2.25. The molecule has 4 nitrogen and oxygen atoms in total. The molecule has 1 aliphatic carbocycles. The van der Waals surface area contributed by atoms with E-state index < -0.39 is 0 Å². The Morgan fingerprint density at radius 1 is 1.25 bits per heavy atom. The van der Waals surface area contributed by atoms with E-state index in [-0.39, 0.29) is 11.3 Å². The Morgan fingerprint density at radius 2 is 2.04 bits per heavy atom. The van der Waals surface area contributed by atoms with E-state index in [2.05, 4.69) is 10.3 Å². The van der Waals surface area contributed by atoms with Crippen molar-refractivity contribution in [1.82, 2.24) is 4.98 Å². The van der Waals surface area contributed by atoms with E-state index in [1.54, 1.807) is 13.3 Å². The zero-order valence-corrected chi connectivity index (χ0v) is 14.4. The summed E-state index contributed by atoms with van der Waals surface area (Å²) in [5.74, 6) is 0.104. The second-order valence-electron chi connectivity index (χ2n) is 6.91. The van der Waals surface area contributed by atoms with Crippen molar-refractivity contribution >= 4 is 22.5 Å². The van der Waals surface area contributed by atoms with Crippen molar-refractivity contribution in [3.63, 3.8) is 0 Å². The Morgan fingerprint density at radius 3 is 2.83 bits per heavy atom. The molecule has 24 heavy (non-hydrogen) atoms. The largest absolute Gasteiger partial charge is 0.385 e. The van der Waals surface area contributed by atoms with Crippen LogP contribution in [0.1, 0.15) is 44.9 Å². The molecule has 4 heteroatoms. The van der Waals surface area contributed by atoms with Crippen LogP contribution in [0.25, 0.3) is 10.9 Å². The molecular weight excluding hydrogens is 300 g/mol. The molecule has 0 radical (unpaired) electrons. The topological polar surface area (TPSA) is 51.2 Å². The number of carbonyl (C=O) groups excluding carboxylic acids is 1. The average molecular weight is 326 g/mol. The summed E-state index contributed by atoms with van der Waals surface area (Å²) in [4.78, 5) is 17.1. The van der Waals surface area contributed by atoms with Crippen molar-refractivity contribution in [3.05, 3.63) is 36.5 Å². The molecule has 1 aromatic heterocycles. The highest BCUT2D eigenvalue weighted by atomic mass is 16.5. The molecule has 0 spiro atoms. The van der Waals surface area contributed by atoms with E-state index in [1.807, 2.05) is 30.3 Å². The summed E-state index contributed by atoms with van der Waals surface area (Å²) >= 11 is 0. The summed E-state index contributed by atoms with van der Waals surface area (Å²) in [6.45, 7) is 0.774. The van der Waals surface area contributed by atoms with Crippen molar-refractivity contribution in [2.24, 2.45) is 5.41 Å². The third-order valence-corrected chi connectivity index (χ3v) is 5.16. The minimum Gasteiger partial charge on any atom is -0.385 e. The molecule has 2 aromatic rings. The molecule has 1 aliphatic rings. The number of anilines is 1. The normalized spacial score (nSPS) is 16.4. The van der Waals surface area contributed by atoms with Gasteiger partial charge in [0.25, 0.3) is 0 Å². The van der Waals surface area contributed by atoms with Gasteiger partial charge >= 0.3 is 0 Å². The van der Waals surface area contributed by atoms with Crippen molar-refractivity contribution in [2.75, 3.05) is 19.0 Å². The highest BCUT2D eigenvalue weighted by Gasteiger charge is 2.35. The fourth-order valence-corrected chi connectivity index (χ4v) is 3.97. The monoisotopic (exact) mass is 326 g/mol. The minimum atomic E-state index is 0.104. The van der Waals surface area contributed by atoms with Crippen LogP contribution in [-0.2, 0) is 9.53 Å². The predicted molar refractivity (Wildman–Crippen MR) is 97.0 cm³/mol. The van der Waals surface area contributed by atoms with E-state index in [0.717, 1.165) is 48.9 Å². The van der Waals surface area contributed by atoms with E-state index in [1.165, 1.54) is 12.8 Å². The zero-order valence-electron chi connectivity index (χ0n) is 14.4. The summed E-state index contributed by atoms with van der Waals surface area (Å²) in [7, 11) is 1.74. The third kappa shape index (κ3) is 3.93. The molecule has 1 saturated carbocycles. The Hall–Kier alpha value is -1.94. The standard InChI is InChI=1S/C20H26N2O2/c1-24-14-6-12-20(10-2-3-11-20)15-18(23)22-17-9-4-7-16-8-5-13-21-19(16)17/h4-5,7-9,13H,2-3,6,10-12,14-15H2,1H3,(H,22,23). The maximum atomic E-state index is 12.7. The predicted octanol–water partition coefficient (Wildman–Crippen LogP) is 4.55. The molecule has 0 saturated heterocycles. The molecule has 1 aromatic carbocycles. The molecule has 1 N–H and O–H groups in total. The van der Waals surface area contributed by atoms with Gasteiger partial charge in [-0.2, -0.15) is 0 Å². The van der Waals surface area contributed by atoms with Crippen molar-refractivity contribution in [1.29, 1.82) is 0 Å². The van der Waals surface area contributed by atoms with Crippen LogP contribution in [0.2, 0.25) is 0 Å². The summed E-state index contributed by atoms with van der Waals surface area (Å²) in [5.41, 5.74) is 1.82. The van der Waals surface area contributed by atoms with E-state index in [9.17, 15) is 4.79 Å². The van der Waals surface area contributed by atoms with E-state index in [4.69, 9.17) is 4.74 Å². The highest BCUT2D eigenvalue weighted by Crippen LogP contribution is 2.45. The minimum absolute atomic E-state index is 0.104. The quantitative estimate of drug-likeness (QED) is 0.759. The van der Waals surface area contributed by atoms with Crippen LogP contribution >= 0.6 is 0 Å². The van der Waals surface area contributed by atoms with E-state index >= 15 is 0 Å². The van der Waals surface area contributed by atoms with Crippen LogP contribution < -0.4 is 5.32 Å². The Balaban J connectivity index is 1.69. The van der Waals surface area contributed by atoms with Gasteiger partial charge in [0.2, 0.25) is 5.91 Å². The van der Waals surface area contributed by atoms with Crippen LogP contribution in [0.15, 0.2) is 36.5 Å². The number of hydrogen-bond donors (Lipinski definition) is 1. The number of carbonyl (C=O) groups is 1. The number of hydrogen-bond acceptors (Lipinski definition) is 3. The van der Waals surface area contributed by atoms with Crippen LogP contribution in [0, 0.1) is 5.41 Å². The first-order valence-corrected chi connectivity index (χ1v) is 8.85. The number of nitrogens with one attached hydrogen (secondary N) is 1. The molecule has 128 valence electrons. The van der Waals surface area contributed by atoms with Gasteiger partial charge < -0.3 is 10.1 Å². The van der Waals surface area contributed by atoms with Gasteiger partial charge in [-0.1, -0.05) is 31.0 Å².